The lowest BCUT2D eigenvalue weighted by Gasteiger charge is -2.23. The Bertz CT molecular complexity index is 579. The van der Waals surface area contributed by atoms with Gasteiger partial charge >= 0.3 is 0 Å². The van der Waals surface area contributed by atoms with Crippen molar-refractivity contribution in [2.45, 2.75) is 51.5 Å². The molecule has 5 heteroatoms. The predicted molar refractivity (Wildman–Crippen MR) is 93.1 cm³/mol. The van der Waals surface area contributed by atoms with Gasteiger partial charge in [-0.25, -0.2) is 0 Å². The maximum absolute atomic E-state index is 12.4. The summed E-state index contributed by atoms with van der Waals surface area (Å²) in [5, 5.41) is 3.08. The van der Waals surface area contributed by atoms with Gasteiger partial charge in [0, 0.05) is 24.6 Å². The minimum Gasteiger partial charge on any atom is -0.494 e. The van der Waals surface area contributed by atoms with Crippen LogP contribution in [0.25, 0.3) is 0 Å². The summed E-state index contributed by atoms with van der Waals surface area (Å²) >= 11 is 0. The number of benzene rings is 1. The van der Waals surface area contributed by atoms with Crippen molar-refractivity contribution in [3.63, 3.8) is 0 Å². The summed E-state index contributed by atoms with van der Waals surface area (Å²) < 4.78 is 5.43. The molecule has 130 valence electrons. The van der Waals surface area contributed by atoms with E-state index in [4.69, 9.17) is 4.74 Å². The molecule has 1 N–H and O–H groups in total. The molecule has 1 aromatic rings. The topological polar surface area (TPSA) is 58.6 Å². The molecule has 1 aliphatic carbocycles. The Morgan fingerprint density at radius 1 is 1.21 bits per heavy atom. The van der Waals surface area contributed by atoms with E-state index in [1.54, 1.807) is 4.90 Å². The molecule has 0 spiro atoms. The number of ether oxygens (including phenoxy) is 1. The lowest BCUT2D eigenvalue weighted by molar-refractivity contribution is -0.126. The first-order valence-corrected chi connectivity index (χ1v) is 9.01. The molecule has 2 amide bonds. The number of anilines is 1. The summed E-state index contributed by atoms with van der Waals surface area (Å²) in [5.41, 5.74) is 0.859. The van der Waals surface area contributed by atoms with Crippen molar-refractivity contribution in [1.82, 2.24) is 5.32 Å². The minimum atomic E-state index is -0.0847. The van der Waals surface area contributed by atoms with Crippen molar-refractivity contribution in [2.24, 2.45) is 5.92 Å². The molecule has 0 radical (unpaired) electrons. The van der Waals surface area contributed by atoms with Gasteiger partial charge in [0.1, 0.15) is 5.75 Å². The van der Waals surface area contributed by atoms with Crippen LogP contribution in [0.1, 0.15) is 45.4 Å². The van der Waals surface area contributed by atoms with Gasteiger partial charge in [-0.15, -0.1) is 0 Å². The molecule has 24 heavy (non-hydrogen) atoms. The zero-order chi connectivity index (χ0) is 16.9. The van der Waals surface area contributed by atoms with E-state index in [1.807, 2.05) is 31.2 Å². The first-order chi connectivity index (χ1) is 11.7. The third-order valence-electron chi connectivity index (χ3n) is 4.91. The Hall–Kier alpha value is -2.04. The second kappa shape index (κ2) is 7.69. The van der Waals surface area contributed by atoms with Crippen LogP contribution >= 0.6 is 0 Å². The Kier molecular flexibility index (Phi) is 5.38. The molecule has 2 aliphatic rings. The van der Waals surface area contributed by atoms with Gasteiger partial charge in [-0.05, 0) is 44.0 Å². The highest BCUT2D eigenvalue weighted by molar-refractivity contribution is 5.97. The minimum absolute atomic E-state index is 0.0631. The summed E-state index contributed by atoms with van der Waals surface area (Å²) in [6.07, 6.45) is 5.85. The maximum atomic E-state index is 12.4. The van der Waals surface area contributed by atoms with Gasteiger partial charge in [0.2, 0.25) is 11.8 Å². The summed E-state index contributed by atoms with van der Waals surface area (Å²) in [6, 6.07) is 7.46. The van der Waals surface area contributed by atoms with E-state index in [-0.39, 0.29) is 23.8 Å². The van der Waals surface area contributed by atoms with E-state index in [0.717, 1.165) is 37.1 Å². The van der Waals surface area contributed by atoms with Crippen molar-refractivity contribution < 1.29 is 14.3 Å². The van der Waals surface area contributed by atoms with Gasteiger partial charge in [-0.2, -0.15) is 0 Å². The number of rotatable bonds is 5. The van der Waals surface area contributed by atoms with Crippen molar-refractivity contribution >= 4 is 17.5 Å². The van der Waals surface area contributed by atoms with Gasteiger partial charge < -0.3 is 15.0 Å². The zero-order valence-corrected chi connectivity index (χ0v) is 14.3. The number of nitrogens with one attached hydrogen (secondary N) is 1. The smallest absolute Gasteiger partial charge is 0.229 e. The molecule has 0 unspecified atom stereocenters. The normalized spacial score (nSPS) is 21.8. The first-order valence-electron chi connectivity index (χ1n) is 9.01. The van der Waals surface area contributed by atoms with Crippen molar-refractivity contribution in [3.05, 3.63) is 24.3 Å². The van der Waals surface area contributed by atoms with Crippen molar-refractivity contribution in [2.75, 3.05) is 18.1 Å². The summed E-state index contributed by atoms with van der Waals surface area (Å²) in [7, 11) is 0. The van der Waals surface area contributed by atoms with Crippen LogP contribution in [0, 0.1) is 5.92 Å². The average molecular weight is 330 g/mol. The predicted octanol–water partition coefficient (Wildman–Crippen LogP) is 2.89. The Morgan fingerprint density at radius 3 is 2.58 bits per heavy atom. The number of carbonyl (C=O) groups excluding carboxylic acids is 2. The van der Waals surface area contributed by atoms with Gasteiger partial charge in [-0.1, -0.05) is 19.3 Å². The van der Waals surface area contributed by atoms with Crippen LogP contribution in [0.2, 0.25) is 0 Å². The van der Waals surface area contributed by atoms with Crippen LogP contribution < -0.4 is 15.0 Å². The molecule has 3 rings (SSSR count). The molecule has 1 saturated heterocycles. The Morgan fingerprint density at radius 2 is 1.92 bits per heavy atom. The second-order valence-corrected chi connectivity index (χ2v) is 6.68. The quantitative estimate of drug-likeness (QED) is 0.903. The number of amides is 2. The molecular weight excluding hydrogens is 304 g/mol. The highest BCUT2D eigenvalue weighted by Gasteiger charge is 2.33. The Balaban J connectivity index is 1.57. The van der Waals surface area contributed by atoms with Gasteiger partial charge in [0.05, 0.1) is 12.6 Å². The average Bonchev–Trinajstić information content (AvgIpc) is 2.97. The van der Waals surface area contributed by atoms with Crippen molar-refractivity contribution in [3.8, 4) is 5.75 Å². The van der Waals surface area contributed by atoms with Crippen LogP contribution in [0.15, 0.2) is 24.3 Å². The number of hydrogen-bond donors (Lipinski definition) is 1. The van der Waals surface area contributed by atoms with E-state index in [9.17, 15) is 9.59 Å². The van der Waals surface area contributed by atoms with Crippen LogP contribution in [0.3, 0.4) is 0 Å². The SMILES string of the molecule is CCOc1ccc(N2C[C@H](NC(=O)C3CCCCC3)CC2=O)cc1. The van der Waals surface area contributed by atoms with E-state index >= 15 is 0 Å². The molecule has 1 heterocycles. The Labute approximate surface area is 143 Å². The molecule has 1 saturated carbocycles. The van der Waals surface area contributed by atoms with Crippen molar-refractivity contribution in [1.29, 1.82) is 0 Å². The third-order valence-corrected chi connectivity index (χ3v) is 4.91. The summed E-state index contributed by atoms with van der Waals surface area (Å²) in [6.45, 7) is 3.11. The molecule has 1 atom stereocenters. The number of carbonyl (C=O) groups is 2. The van der Waals surface area contributed by atoms with E-state index in [2.05, 4.69) is 5.32 Å². The molecule has 1 aromatic carbocycles. The second-order valence-electron chi connectivity index (χ2n) is 6.68. The van der Waals surface area contributed by atoms with Gasteiger partial charge in [0.15, 0.2) is 0 Å². The van der Waals surface area contributed by atoms with Crippen LogP contribution in [-0.4, -0.2) is 31.0 Å². The van der Waals surface area contributed by atoms with E-state index < -0.39 is 0 Å². The first kappa shape index (κ1) is 16.8. The number of hydrogen-bond acceptors (Lipinski definition) is 3. The fourth-order valence-electron chi connectivity index (χ4n) is 3.63. The molecule has 5 nitrogen and oxygen atoms in total. The highest BCUT2D eigenvalue weighted by Crippen LogP contribution is 2.26. The maximum Gasteiger partial charge on any atom is 0.229 e. The summed E-state index contributed by atoms with van der Waals surface area (Å²) in [5.74, 6) is 1.12. The fourth-order valence-corrected chi connectivity index (χ4v) is 3.63. The monoisotopic (exact) mass is 330 g/mol. The standard InChI is InChI=1S/C19H26N2O3/c1-2-24-17-10-8-16(9-11-17)21-13-15(12-18(21)22)20-19(23)14-6-4-3-5-7-14/h8-11,14-15H,2-7,12-13H2,1H3,(H,20,23)/t15-/m1/s1. The highest BCUT2D eigenvalue weighted by atomic mass is 16.5. The molecule has 0 aromatic heterocycles. The van der Waals surface area contributed by atoms with Crippen LogP contribution in [0.4, 0.5) is 5.69 Å². The zero-order valence-electron chi connectivity index (χ0n) is 14.3. The van der Waals surface area contributed by atoms with E-state index in [1.165, 1.54) is 6.42 Å². The summed E-state index contributed by atoms with van der Waals surface area (Å²) in [4.78, 5) is 26.4. The van der Waals surface area contributed by atoms with Crippen LogP contribution in [-0.2, 0) is 9.59 Å². The molecule has 1 aliphatic heterocycles. The lowest BCUT2D eigenvalue weighted by Crippen LogP contribution is -2.41. The molecule has 0 bridgehead atoms. The lowest BCUT2D eigenvalue weighted by atomic mass is 9.88. The fraction of sp³-hybridized carbons (Fsp3) is 0.579. The van der Waals surface area contributed by atoms with Crippen LogP contribution in [0.5, 0.6) is 5.75 Å². The molecule has 2 fully saturated rings. The van der Waals surface area contributed by atoms with Gasteiger partial charge in [-0.3, -0.25) is 9.59 Å². The van der Waals surface area contributed by atoms with E-state index in [0.29, 0.717) is 19.6 Å². The van der Waals surface area contributed by atoms with Gasteiger partial charge in [0.25, 0.3) is 0 Å². The third kappa shape index (κ3) is 3.89. The molecular formula is C19H26N2O3. The largest absolute Gasteiger partial charge is 0.494 e. The number of nitrogens with zero attached hydrogens (tertiary/aromatic N) is 1.